The maximum atomic E-state index is 14.1. The van der Waals surface area contributed by atoms with Crippen LogP contribution in [0, 0.1) is 0 Å². The molecule has 49 heavy (non-hydrogen) atoms. The Morgan fingerprint density at radius 2 is 1.57 bits per heavy atom. The summed E-state index contributed by atoms with van der Waals surface area (Å²) in [6.45, 7) is 7.86. The van der Waals surface area contributed by atoms with E-state index in [2.05, 4.69) is 17.1 Å². The molecule has 2 aromatic carbocycles. The number of nitrogens with one attached hydrogen (secondary N) is 1. The first kappa shape index (κ1) is 33.5. The summed E-state index contributed by atoms with van der Waals surface area (Å²) in [5, 5.41) is 3.06. The number of anilines is 1. The molecule has 0 spiro atoms. The van der Waals surface area contributed by atoms with E-state index in [1.165, 1.54) is 0 Å². The highest BCUT2D eigenvalue weighted by Crippen LogP contribution is 2.32. The van der Waals surface area contributed by atoms with E-state index in [0.717, 1.165) is 62.0 Å². The lowest BCUT2D eigenvalue weighted by molar-refractivity contribution is -0.142. The quantitative estimate of drug-likeness (QED) is 0.473. The number of ether oxygens (including phenoxy) is 3. The molecule has 264 valence electrons. The number of carbonyl (C=O) groups is 3. The number of likely N-dealkylation sites (tertiary alicyclic amines) is 3. The van der Waals surface area contributed by atoms with E-state index in [-0.39, 0.29) is 29.9 Å². The molecular weight excluding hydrogens is 624 g/mol. The molecule has 0 saturated carbocycles. The van der Waals surface area contributed by atoms with Crippen LogP contribution in [-0.2, 0) is 22.4 Å². The summed E-state index contributed by atoms with van der Waals surface area (Å²) in [6, 6.07) is 13.9. The standard InChI is InChI=1S/C37H50N6O6/c1-37(38)13-20-40(21-14-37)28-9-15-41(16-10-28)34(44)33(25-26-6-7-31-32(24-26)48-23-22-47-31)49-36(46)42-17-11-29(12-18-42)43-19-8-27-4-2-3-5-30(27)39-35(43)45/h2-7,24,28-29,33H,8-23,25,38H2,1H3,(H,39,45)/t33-/m1/s1. The van der Waals surface area contributed by atoms with Gasteiger partial charge in [0.2, 0.25) is 0 Å². The predicted molar refractivity (Wildman–Crippen MR) is 185 cm³/mol. The molecule has 0 radical (unpaired) electrons. The van der Waals surface area contributed by atoms with E-state index in [9.17, 15) is 14.4 Å². The van der Waals surface area contributed by atoms with Gasteiger partial charge in [-0.15, -0.1) is 0 Å². The lowest BCUT2D eigenvalue weighted by Gasteiger charge is -2.44. The second kappa shape index (κ2) is 14.4. The Kier molecular flexibility index (Phi) is 9.87. The number of hydrogen-bond acceptors (Lipinski definition) is 8. The maximum Gasteiger partial charge on any atom is 0.410 e. The summed E-state index contributed by atoms with van der Waals surface area (Å²) in [5.41, 5.74) is 9.10. The van der Waals surface area contributed by atoms with Crippen molar-refractivity contribution in [3.05, 3.63) is 53.6 Å². The van der Waals surface area contributed by atoms with E-state index in [4.69, 9.17) is 19.9 Å². The van der Waals surface area contributed by atoms with Gasteiger partial charge in [0, 0.05) is 75.5 Å². The predicted octanol–water partition coefficient (Wildman–Crippen LogP) is 3.86. The molecule has 3 fully saturated rings. The molecule has 12 heteroatoms. The fourth-order valence-electron chi connectivity index (χ4n) is 7.96. The third kappa shape index (κ3) is 7.75. The molecule has 4 amide bonds. The lowest BCUT2D eigenvalue weighted by Crippen LogP contribution is -2.55. The molecule has 0 unspecified atom stereocenters. The van der Waals surface area contributed by atoms with Crippen molar-refractivity contribution in [1.82, 2.24) is 19.6 Å². The first-order chi connectivity index (χ1) is 23.7. The van der Waals surface area contributed by atoms with Crippen molar-refractivity contribution in [2.45, 2.75) is 82.0 Å². The third-order valence-corrected chi connectivity index (χ3v) is 11.1. The minimum Gasteiger partial charge on any atom is -0.486 e. The molecule has 5 aliphatic heterocycles. The fourth-order valence-corrected chi connectivity index (χ4v) is 7.96. The van der Waals surface area contributed by atoms with E-state index in [1.807, 2.05) is 52.3 Å². The van der Waals surface area contributed by atoms with E-state index in [0.29, 0.717) is 76.3 Å². The van der Waals surface area contributed by atoms with Crippen molar-refractivity contribution in [2.24, 2.45) is 5.73 Å². The number of carbonyl (C=O) groups excluding carboxylic acids is 3. The van der Waals surface area contributed by atoms with Crippen LogP contribution in [0.3, 0.4) is 0 Å². The van der Waals surface area contributed by atoms with Crippen LogP contribution in [0.25, 0.3) is 0 Å². The van der Waals surface area contributed by atoms with Gasteiger partial charge >= 0.3 is 12.1 Å². The van der Waals surface area contributed by atoms with Crippen LogP contribution in [0.1, 0.15) is 56.6 Å². The zero-order valence-electron chi connectivity index (χ0n) is 28.6. The normalized spacial score (nSPS) is 22.5. The average Bonchev–Trinajstić information content (AvgIpc) is 3.29. The SMILES string of the molecule is CC1(N)CCN(C2CCN(C(=O)[C@@H](Cc3ccc4c(c3)OCCO4)OC(=O)N3CCC(N4CCc5ccccc5NC4=O)CC3)CC2)CC1. The smallest absolute Gasteiger partial charge is 0.410 e. The van der Waals surface area contributed by atoms with Crippen molar-refractivity contribution in [3.63, 3.8) is 0 Å². The van der Waals surface area contributed by atoms with Gasteiger partial charge in [-0.1, -0.05) is 24.3 Å². The summed E-state index contributed by atoms with van der Waals surface area (Å²) in [4.78, 5) is 48.8. The number of nitrogens with zero attached hydrogens (tertiary/aromatic N) is 4. The van der Waals surface area contributed by atoms with Crippen LogP contribution in [0.5, 0.6) is 11.5 Å². The molecule has 0 aromatic heterocycles. The summed E-state index contributed by atoms with van der Waals surface area (Å²) >= 11 is 0. The van der Waals surface area contributed by atoms with Crippen LogP contribution >= 0.6 is 0 Å². The first-order valence-electron chi connectivity index (χ1n) is 18.0. The van der Waals surface area contributed by atoms with Crippen LogP contribution in [0.15, 0.2) is 42.5 Å². The Morgan fingerprint density at radius 1 is 0.898 bits per heavy atom. The molecule has 12 nitrogen and oxygen atoms in total. The molecule has 2 aromatic rings. The number of nitrogens with two attached hydrogens (primary N) is 1. The number of amides is 4. The van der Waals surface area contributed by atoms with Crippen molar-refractivity contribution < 1.29 is 28.6 Å². The monoisotopic (exact) mass is 674 g/mol. The fraction of sp³-hybridized carbons (Fsp3) is 0.595. The average molecular weight is 675 g/mol. The van der Waals surface area contributed by atoms with Gasteiger partial charge in [-0.2, -0.15) is 0 Å². The summed E-state index contributed by atoms with van der Waals surface area (Å²) in [5.74, 6) is 1.15. The molecule has 3 saturated heterocycles. The van der Waals surface area contributed by atoms with Gasteiger partial charge in [0.05, 0.1) is 0 Å². The second-order valence-corrected chi connectivity index (χ2v) is 14.5. The highest BCUT2D eigenvalue weighted by molar-refractivity contribution is 5.91. The number of urea groups is 1. The van der Waals surface area contributed by atoms with Gasteiger partial charge in [0.1, 0.15) is 13.2 Å². The first-order valence-corrected chi connectivity index (χ1v) is 18.0. The Hall–Kier alpha value is -4.03. The summed E-state index contributed by atoms with van der Waals surface area (Å²) in [7, 11) is 0. The Labute approximate surface area is 288 Å². The summed E-state index contributed by atoms with van der Waals surface area (Å²) < 4.78 is 17.6. The highest BCUT2D eigenvalue weighted by Gasteiger charge is 2.37. The molecule has 5 aliphatic rings. The highest BCUT2D eigenvalue weighted by atomic mass is 16.6. The Morgan fingerprint density at radius 3 is 2.33 bits per heavy atom. The number of piperidine rings is 3. The lowest BCUT2D eigenvalue weighted by atomic mass is 9.89. The van der Waals surface area contributed by atoms with Crippen LogP contribution in [-0.4, -0.2) is 120 Å². The van der Waals surface area contributed by atoms with Crippen LogP contribution in [0.2, 0.25) is 0 Å². The van der Waals surface area contributed by atoms with Crippen molar-refractivity contribution >= 4 is 23.7 Å². The van der Waals surface area contributed by atoms with Gasteiger partial charge in [-0.25, -0.2) is 9.59 Å². The Bertz CT molecular complexity index is 1510. The molecule has 7 rings (SSSR count). The van der Waals surface area contributed by atoms with Crippen molar-refractivity contribution in [3.8, 4) is 11.5 Å². The largest absolute Gasteiger partial charge is 0.486 e. The number of benzene rings is 2. The molecule has 0 bridgehead atoms. The topological polar surface area (TPSA) is 130 Å². The van der Waals surface area contributed by atoms with Crippen LogP contribution < -0.4 is 20.5 Å². The number of rotatable bonds is 6. The number of fused-ring (bicyclic) bond motifs is 2. The van der Waals surface area contributed by atoms with E-state index in [1.54, 1.807) is 4.90 Å². The number of hydrogen-bond donors (Lipinski definition) is 2. The van der Waals surface area contributed by atoms with Crippen molar-refractivity contribution in [1.29, 1.82) is 0 Å². The third-order valence-electron chi connectivity index (χ3n) is 11.1. The summed E-state index contributed by atoms with van der Waals surface area (Å²) in [6.07, 6.45) is 4.60. The van der Waals surface area contributed by atoms with Gasteiger partial charge in [-0.05, 0) is 81.2 Å². The van der Waals surface area contributed by atoms with Gasteiger partial charge < -0.3 is 44.9 Å². The Balaban J connectivity index is 0.980. The van der Waals surface area contributed by atoms with Crippen molar-refractivity contribution in [2.75, 3.05) is 64.3 Å². The second-order valence-electron chi connectivity index (χ2n) is 14.5. The van der Waals surface area contributed by atoms with Gasteiger partial charge in [0.25, 0.3) is 5.91 Å². The number of para-hydroxylation sites is 1. The molecule has 5 heterocycles. The molecule has 0 aliphatic carbocycles. The van der Waals surface area contributed by atoms with E-state index >= 15 is 0 Å². The van der Waals surface area contributed by atoms with Gasteiger partial charge in [0.15, 0.2) is 17.6 Å². The molecule has 1 atom stereocenters. The molecule has 3 N–H and O–H groups in total. The zero-order valence-corrected chi connectivity index (χ0v) is 28.6. The minimum absolute atomic E-state index is 0.0216. The van der Waals surface area contributed by atoms with E-state index < -0.39 is 12.2 Å². The van der Waals surface area contributed by atoms with Crippen LogP contribution in [0.4, 0.5) is 15.3 Å². The zero-order chi connectivity index (χ0) is 34.0. The maximum absolute atomic E-state index is 14.1. The van der Waals surface area contributed by atoms with Gasteiger partial charge in [-0.3, -0.25) is 4.79 Å². The molecular formula is C37H50N6O6. The minimum atomic E-state index is -0.966.